The number of rotatable bonds is 5. The van der Waals surface area contributed by atoms with Crippen LogP contribution in [0.25, 0.3) is 0 Å². The van der Waals surface area contributed by atoms with Crippen LogP contribution in [0.5, 0.6) is 11.5 Å². The molecule has 2 nitrogen and oxygen atoms in total. The van der Waals surface area contributed by atoms with Gasteiger partial charge in [-0.1, -0.05) is 24.6 Å². The van der Waals surface area contributed by atoms with Gasteiger partial charge >= 0.3 is 0 Å². The first-order chi connectivity index (χ1) is 10.0. The summed E-state index contributed by atoms with van der Waals surface area (Å²) >= 11 is 5.99. The number of ether oxygens (including phenoxy) is 1. The maximum Gasteiger partial charge on any atom is 0.166 e. The van der Waals surface area contributed by atoms with Crippen LogP contribution < -0.4 is 10.1 Å². The topological polar surface area (TPSA) is 21.3 Å². The van der Waals surface area contributed by atoms with Gasteiger partial charge in [0.15, 0.2) is 11.6 Å². The van der Waals surface area contributed by atoms with E-state index in [2.05, 4.69) is 5.32 Å². The molecule has 0 aliphatic carbocycles. The van der Waals surface area contributed by atoms with Gasteiger partial charge in [0.25, 0.3) is 0 Å². The lowest BCUT2D eigenvalue weighted by Crippen LogP contribution is -2.11. The van der Waals surface area contributed by atoms with Crippen molar-refractivity contribution in [1.82, 2.24) is 5.32 Å². The zero-order chi connectivity index (χ0) is 15.4. The van der Waals surface area contributed by atoms with Gasteiger partial charge in [-0.25, -0.2) is 4.39 Å². The second-order valence-electron chi connectivity index (χ2n) is 5.02. The number of nitrogens with one attached hydrogen (secondary N) is 1. The molecule has 0 spiro atoms. The summed E-state index contributed by atoms with van der Waals surface area (Å²) < 4.78 is 19.9. The lowest BCUT2D eigenvalue weighted by atomic mass is 10.1. The molecule has 0 heterocycles. The lowest BCUT2D eigenvalue weighted by Gasteiger charge is -2.13. The van der Waals surface area contributed by atoms with Crippen molar-refractivity contribution in [3.05, 3.63) is 57.9 Å². The molecule has 21 heavy (non-hydrogen) atoms. The average Bonchev–Trinajstić information content (AvgIpc) is 2.42. The van der Waals surface area contributed by atoms with Crippen molar-refractivity contribution in [1.29, 1.82) is 0 Å². The van der Waals surface area contributed by atoms with Gasteiger partial charge in [-0.15, -0.1) is 0 Å². The maximum absolute atomic E-state index is 14.1. The highest BCUT2D eigenvalue weighted by Crippen LogP contribution is 2.32. The molecule has 0 saturated carbocycles. The Labute approximate surface area is 129 Å². The summed E-state index contributed by atoms with van der Waals surface area (Å²) in [5.74, 6) is 0.514. The fraction of sp³-hybridized carbons (Fsp3) is 0.294. The Morgan fingerprint density at radius 3 is 2.38 bits per heavy atom. The molecule has 0 fully saturated rings. The van der Waals surface area contributed by atoms with E-state index in [1.54, 1.807) is 18.2 Å². The van der Waals surface area contributed by atoms with Crippen molar-refractivity contribution in [2.24, 2.45) is 0 Å². The fourth-order valence-corrected chi connectivity index (χ4v) is 2.50. The molecule has 0 bridgehead atoms. The van der Waals surface area contributed by atoms with Crippen molar-refractivity contribution in [3.8, 4) is 11.5 Å². The molecule has 4 heteroatoms. The predicted octanol–water partition coefficient (Wildman–Crippen LogP) is 5.00. The van der Waals surface area contributed by atoms with E-state index >= 15 is 0 Å². The molecule has 2 rings (SSSR count). The highest BCUT2D eigenvalue weighted by molar-refractivity contribution is 6.30. The van der Waals surface area contributed by atoms with Crippen molar-refractivity contribution in [2.45, 2.75) is 27.3 Å². The van der Waals surface area contributed by atoms with E-state index in [0.717, 1.165) is 23.2 Å². The Kier molecular flexibility index (Phi) is 5.21. The Hall–Kier alpha value is -1.58. The van der Waals surface area contributed by atoms with Crippen molar-refractivity contribution < 1.29 is 9.13 Å². The van der Waals surface area contributed by atoms with Crippen LogP contribution in [-0.4, -0.2) is 6.54 Å². The van der Waals surface area contributed by atoms with Gasteiger partial charge < -0.3 is 10.1 Å². The zero-order valence-corrected chi connectivity index (χ0v) is 13.2. The van der Waals surface area contributed by atoms with Crippen LogP contribution in [0.4, 0.5) is 4.39 Å². The largest absolute Gasteiger partial charge is 0.454 e. The first-order valence-corrected chi connectivity index (χ1v) is 7.32. The molecule has 112 valence electrons. The average molecular weight is 308 g/mol. The minimum Gasteiger partial charge on any atom is -0.454 e. The third kappa shape index (κ3) is 3.96. The van der Waals surface area contributed by atoms with Gasteiger partial charge in [0.2, 0.25) is 0 Å². The van der Waals surface area contributed by atoms with Crippen LogP contribution in [-0.2, 0) is 6.54 Å². The number of benzene rings is 2. The van der Waals surface area contributed by atoms with Gasteiger partial charge in [-0.2, -0.15) is 0 Å². The van der Waals surface area contributed by atoms with Gasteiger partial charge in [-0.05, 0) is 61.3 Å². The van der Waals surface area contributed by atoms with Gasteiger partial charge in [0.1, 0.15) is 5.75 Å². The molecule has 0 unspecified atom stereocenters. The van der Waals surface area contributed by atoms with Crippen LogP contribution >= 0.6 is 11.6 Å². The van der Waals surface area contributed by atoms with E-state index < -0.39 is 0 Å². The molecule has 2 aromatic rings. The fourth-order valence-electron chi connectivity index (χ4n) is 2.17. The summed E-state index contributed by atoms with van der Waals surface area (Å²) in [6, 6.07) is 8.64. The summed E-state index contributed by atoms with van der Waals surface area (Å²) in [5.41, 5.74) is 2.67. The number of hydrogen-bond acceptors (Lipinski definition) is 2. The summed E-state index contributed by atoms with van der Waals surface area (Å²) in [5, 5.41) is 3.81. The van der Waals surface area contributed by atoms with Crippen molar-refractivity contribution >= 4 is 11.6 Å². The van der Waals surface area contributed by atoms with Crippen LogP contribution in [0.2, 0.25) is 5.02 Å². The van der Waals surface area contributed by atoms with Crippen LogP contribution in [0.1, 0.15) is 23.6 Å². The zero-order valence-electron chi connectivity index (χ0n) is 12.5. The molecule has 0 aliphatic rings. The molecule has 0 aromatic heterocycles. The smallest absolute Gasteiger partial charge is 0.166 e. The Balaban J connectivity index is 2.24. The Bertz CT molecular complexity index is 620. The first-order valence-electron chi connectivity index (χ1n) is 6.95. The van der Waals surface area contributed by atoms with Crippen molar-refractivity contribution in [3.63, 3.8) is 0 Å². The van der Waals surface area contributed by atoms with Crippen molar-refractivity contribution in [2.75, 3.05) is 6.54 Å². The second-order valence-corrected chi connectivity index (χ2v) is 5.45. The molecule has 0 aliphatic heterocycles. The summed E-state index contributed by atoms with van der Waals surface area (Å²) in [7, 11) is 0. The van der Waals surface area contributed by atoms with E-state index in [9.17, 15) is 4.39 Å². The third-order valence-electron chi connectivity index (χ3n) is 3.21. The van der Waals surface area contributed by atoms with E-state index in [4.69, 9.17) is 16.3 Å². The number of hydrogen-bond donors (Lipinski definition) is 1. The van der Waals surface area contributed by atoms with Gasteiger partial charge in [0, 0.05) is 11.6 Å². The van der Waals surface area contributed by atoms with E-state index in [-0.39, 0.29) is 11.6 Å². The van der Waals surface area contributed by atoms with Crippen LogP contribution in [0.3, 0.4) is 0 Å². The molecular weight excluding hydrogens is 289 g/mol. The number of aryl methyl sites for hydroxylation is 2. The molecular formula is C17H19ClFNO. The van der Waals surface area contributed by atoms with E-state index in [0.29, 0.717) is 17.3 Å². The van der Waals surface area contributed by atoms with E-state index in [1.807, 2.05) is 26.8 Å². The predicted molar refractivity (Wildman–Crippen MR) is 84.8 cm³/mol. The summed E-state index contributed by atoms with van der Waals surface area (Å²) in [4.78, 5) is 0. The standard InChI is InChI=1S/C17H19ClFNO/c1-4-20-10-13-5-6-16(15(19)9-13)21-17-11(2)7-14(18)8-12(17)3/h5-9,20H,4,10H2,1-3H3. The highest BCUT2D eigenvalue weighted by Gasteiger charge is 2.11. The quantitative estimate of drug-likeness (QED) is 0.839. The SMILES string of the molecule is CCNCc1ccc(Oc2c(C)cc(Cl)cc2C)c(F)c1. The monoisotopic (exact) mass is 307 g/mol. The minimum atomic E-state index is -0.362. The van der Waals surface area contributed by atoms with Gasteiger partial charge in [-0.3, -0.25) is 0 Å². The Morgan fingerprint density at radius 2 is 1.81 bits per heavy atom. The molecule has 0 atom stereocenters. The lowest BCUT2D eigenvalue weighted by molar-refractivity contribution is 0.436. The van der Waals surface area contributed by atoms with E-state index in [1.165, 1.54) is 6.07 Å². The minimum absolute atomic E-state index is 0.226. The Morgan fingerprint density at radius 1 is 1.14 bits per heavy atom. The molecule has 2 aromatic carbocycles. The first kappa shape index (κ1) is 15.8. The molecule has 1 N–H and O–H groups in total. The summed E-state index contributed by atoms with van der Waals surface area (Å²) in [6.45, 7) is 7.30. The number of halogens is 2. The molecule has 0 radical (unpaired) electrons. The second kappa shape index (κ2) is 6.92. The van der Waals surface area contributed by atoms with Gasteiger partial charge in [0.05, 0.1) is 0 Å². The molecule has 0 amide bonds. The van der Waals surface area contributed by atoms with Crippen LogP contribution in [0.15, 0.2) is 30.3 Å². The van der Waals surface area contributed by atoms with Crippen LogP contribution in [0, 0.1) is 19.7 Å². The molecule has 0 saturated heterocycles. The third-order valence-corrected chi connectivity index (χ3v) is 3.43. The maximum atomic E-state index is 14.1. The highest BCUT2D eigenvalue weighted by atomic mass is 35.5. The summed E-state index contributed by atoms with van der Waals surface area (Å²) in [6.07, 6.45) is 0. The normalized spacial score (nSPS) is 10.7.